The molecule has 2 N–H and O–H groups in total. The van der Waals surface area contributed by atoms with Gasteiger partial charge in [0.1, 0.15) is 0 Å². The van der Waals surface area contributed by atoms with Crippen molar-refractivity contribution in [2.24, 2.45) is 0 Å². The van der Waals surface area contributed by atoms with Crippen LogP contribution in [0.1, 0.15) is 11.6 Å². The third-order valence-electron chi connectivity index (χ3n) is 2.63. The van der Waals surface area contributed by atoms with Gasteiger partial charge in [0.2, 0.25) is 5.82 Å². The van der Waals surface area contributed by atoms with Crippen molar-refractivity contribution < 1.29 is 22.0 Å². The Bertz CT molecular complexity index is 414. The lowest BCUT2D eigenvalue weighted by atomic mass is 10.0. The minimum Gasteiger partial charge on any atom is -0.314 e. The standard InChI is InChI=1S/C10H9F5N2/c11-6-5(4-3-16-1-2-17-4)7(12)9(14)10(15)8(6)13/h4,16-17H,1-3H2/t4-/m0/s1. The van der Waals surface area contributed by atoms with Gasteiger partial charge in [-0.25, -0.2) is 22.0 Å². The third-order valence-corrected chi connectivity index (χ3v) is 2.63. The summed E-state index contributed by atoms with van der Waals surface area (Å²) in [6, 6.07) is -0.923. The number of halogens is 5. The van der Waals surface area contributed by atoms with Crippen molar-refractivity contribution in [1.82, 2.24) is 10.6 Å². The van der Waals surface area contributed by atoms with Gasteiger partial charge < -0.3 is 10.6 Å². The second-order valence-corrected chi connectivity index (χ2v) is 3.69. The average Bonchev–Trinajstić information content (AvgIpc) is 2.36. The first-order valence-corrected chi connectivity index (χ1v) is 4.99. The summed E-state index contributed by atoms with van der Waals surface area (Å²) in [5.74, 6) is -9.50. The second kappa shape index (κ2) is 4.58. The molecule has 2 nitrogen and oxygen atoms in total. The fraction of sp³-hybridized carbons (Fsp3) is 0.400. The molecule has 17 heavy (non-hydrogen) atoms. The monoisotopic (exact) mass is 252 g/mol. The predicted molar refractivity (Wildman–Crippen MR) is 49.8 cm³/mol. The van der Waals surface area contributed by atoms with E-state index in [1.54, 1.807) is 0 Å². The Morgan fingerprint density at radius 2 is 1.29 bits per heavy atom. The minimum absolute atomic E-state index is 0.109. The molecule has 0 unspecified atom stereocenters. The van der Waals surface area contributed by atoms with Gasteiger partial charge in [-0.05, 0) is 0 Å². The Labute approximate surface area is 93.8 Å². The van der Waals surface area contributed by atoms with E-state index in [2.05, 4.69) is 10.6 Å². The van der Waals surface area contributed by atoms with Gasteiger partial charge in [-0.15, -0.1) is 0 Å². The summed E-state index contributed by atoms with van der Waals surface area (Å²) in [4.78, 5) is 0. The lowest BCUT2D eigenvalue weighted by Crippen LogP contribution is -2.43. The first-order valence-electron chi connectivity index (χ1n) is 4.99. The summed E-state index contributed by atoms with van der Waals surface area (Å²) in [5, 5.41) is 5.50. The molecule has 1 atom stereocenters. The zero-order chi connectivity index (χ0) is 12.6. The normalized spacial score (nSPS) is 20.6. The highest BCUT2D eigenvalue weighted by Crippen LogP contribution is 2.27. The SMILES string of the molecule is Fc1c(F)c(F)c([C@@H]2CNCCN2)c(F)c1F. The van der Waals surface area contributed by atoms with Crippen molar-refractivity contribution >= 4 is 0 Å². The van der Waals surface area contributed by atoms with Crippen LogP contribution in [0.4, 0.5) is 22.0 Å². The maximum absolute atomic E-state index is 13.4. The van der Waals surface area contributed by atoms with Gasteiger partial charge in [0.25, 0.3) is 0 Å². The highest BCUT2D eigenvalue weighted by atomic mass is 19.2. The summed E-state index contributed by atoms with van der Waals surface area (Å²) in [7, 11) is 0. The molecule has 1 heterocycles. The molecular formula is C10H9F5N2. The van der Waals surface area contributed by atoms with E-state index < -0.39 is 40.7 Å². The topological polar surface area (TPSA) is 24.1 Å². The molecule has 1 aliphatic rings. The van der Waals surface area contributed by atoms with Gasteiger partial charge >= 0.3 is 0 Å². The molecule has 1 aromatic rings. The molecule has 7 heteroatoms. The molecular weight excluding hydrogens is 243 g/mol. The fourth-order valence-electron chi connectivity index (χ4n) is 1.79. The fourth-order valence-corrected chi connectivity index (χ4v) is 1.79. The van der Waals surface area contributed by atoms with E-state index in [0.717, 1.165) is 0 Å². The number of piperazine rings is 1. The summed E-state index contributed by atoms with van der Waals surface area (Å²) in [6.07, 6.45) is 0. The molecule has 1 fully saturated rings. The second-order valence-electron chi connectivity index (χ2n) is 3.69. The highest BCUT2D eigenvalue weighted by molar-refractivity contribution is 5.27. The molecule has 0 radical (unpaired) electrons. The largest absolute Gasteiger partial charge is 0.314 e. The lowest BCUT2D eigenvalue weighted by molar-refractivity contribution is 0.342. The van der Waals surface area contributed by atoms with Crippen molar-refractivity contribution in [3.8, 4) is 0 Å². The number of rotatable bonds is 1. The van der Waals surface area contributed by atoms with Crippen LogP contribution < -0.4 is 10.6 Å². The molecule has 1 aliphatic heterocycles. The van der Waals surface area contributed by atoms with Crippen LogP contribution in [0.5, 0.6) is 0 Å². The predicted octanol–water partition coefficient (Wildman–Crippen LogP) is 1.62. The van der Waals surface area contributed by atoms with Crippen LogP contribution in [-0.4, -0.2) is 19.6 Å². The van der Waals surface area contributed by atoms with E-state index in [0.29, 0.717) is 13.1 Å². The lowest BCUT2D eigenvalue weighted by Gasteiger charge is -2.25. The molecule has 0 amide bonds. The van der Waals surface area contributed by atoms with E-state index in [1.807, 2.05) is 0 Å². The maximum atomic E-state index is 13.4. The van der Waals surface area contributed by atoms with Crippen LogP contribution in [0, 0.1) is 29.1 Å². The molecule has 1 aromatic carbocycles. The van der Waals surface area contributed by atoms with Gasteiger partial charge in [-0.1, -0.05) is 0 Å². The van der Waals surface area contributed by atoms with Crippen molar-refractivity contribution in [2.45, 2.75) is 6.04 Å². The summed E-state index contributed by atoms with van der Waals surface area (Å²) < 4.78 is 65.5. The van der Waals surface area contributed by atoms with Crippen LogP contribution in [0.3, 0.4) is 0 Å². The Balaban J connectivity index is 2.52. The molecule has 0 aliphatic carbocycles. The van der Waals surface area contributed by atoms with Crippen LogP contribution in [0.25, 0.3) is 0 Å². The summed E-state index contributed by atoms with van der Waals surface area (Å²) >= 11 is 0. The maximum Gasteiger partial charge on any atom is 0.200 e. The Kier molecular flexibility index (Phi) is 3.30. The Morgan fingerprint density at radius 3 is 1.76 bits per heavy atom. The molecule has 0 spiro atoms. The van der Waals surface area contributed by atoms with Gasteiger partial charge in [0, 0.05) is 25.2 Å². The molecule has 94 valence electrons. The van der Waals surface area contributed by atoms with Crippen molar-refractivity contribution in [2.75, 3.05) is 19.6 Å². The summed E-state index contributed by atoms with van der Waals surface area (Å²) in [6.45, 7) is 1.08. The molecule has 2 rings (SSSR count). The molecule has 1 saturated heterocycles. The van der Waals surface area contributed by atoms with Gasteiger partial charge in [0.15, 0.2) is 23.3 Å². The van der Waals surface area contributed by atoms with Crippen LogP contribution in [0.15, 0.2) is 0 Å². The molecule has 0 saturated carbocycles. The van der Waals surface area contributed by atoms with E-state index in [-0.39, 0.29) is 6.54 Å². The minimum atomic E-state index is -2.13. The van der Waals surface area contributed by atoms with E-state index >= 15 is 0 Å². The van der Waals surface area contributed by atoms with Crippen LogP contribution >= 0.6 is 0 Å². The zero-order valence-electron chi connectivity index (χ0n) is 8.59. The Morgan fingerprint density at radius 1 is 0.765 bits per heavy atom. The van der Waals surface area contributed by atoms with Crippen LogP contribution in [0.2, 0.25) is 0 Å². The highest BCUT2D eigenvalue weighted by Gasteiger charge is 2.30. The smallest absolute Gasteiger partial charge is 0.200 e. The molecule has 0 bridgehead atoms. The van der Waals surface area contributed by atoms with Crippen molar-refractivity contribution in [3.63, 3.8) is 0 Å². The van der Waals surface area contributed by atoms with E-state index in [9.17, 15) is 22.0 Å². The van der Waals surface area contributed by atoms with Crippen molar-refractivity contribution in [3.05, 3.63) is 34.6 Å². The molecule has 0 aromatic heterocycles. The summed E-state index contributed by atoms with van der Waals surface area (Å²) in [5.41, 5.74) is -0.811. The first-order chi connectivity index (χ1) is 8.04. The van der Waals surface area contributed by atoms with Crippen molar-refractivity contribution in [1.29, 1.82) is 0 Å². The van der Waals surface area contributed by atoms with E-state index in [1.165, 1.54) is 0 Å². The van der Waals surface area contributed by atoms with Crippen LogP contribution in [-0.2, 0) is 0 Å². The first kappa shape index (κ1) is 12.3. The quantitative estimate of drug-likeness (QED) is 0.451. The van der Waals surface area contributed by atoms with Gasteiger partial charge in [0.05, 0.1) is 6.04 Å². The number of hydrogen-bond acceptors (Lipinski definition) is 2. The number of hydrogen-bond donors (Lipinski definition) is 2. The number of benzene rings is 1. The third kappa shape index (κ3) is 2.00. The average molecular weight is 252 g/mol. The zero-order valence-corrected chi connectivity index (χ0v) is 8.59. The Hall–Kier alpha value is -1.21. The van der Waals surface area contributed by atoms with Gasteiger partial charge in [-0.2, -0.15) is 0 Å². The number of nitrogens with one attached hydrogen (secondary N) is 2. The van der Waals surface area contributed by atoms with Gasteiger partial charge in [-0.3, -0.25) is 0 Å². The van der Waals surface area contributed by atoms with E-state index in [4.69, 9.17) is 0 Å².